The summed E-state index contributed by atoms with van der Waals surface area (Å²) in [4.78, 5) is 37.5. The lowest BCUT2D eigenvalue weighted by molar-refractivity contribution is -0.296. The molecule has 0 unspecified atom stereocenters. The monoisotopic (exact) mass is 871 g/mol. The van der Waals surface area contributed by atoms with Gasteiger partial charge in [0.05, 0.1) is 27.6 Å². The second kappa shape index (κ2) is 11.0. The van der Waals surface area contributed by atoms with E-state index in [2.05, 4.69) is 5.32 Å². The third-order valence-electron chi connectivity index (χ3n) is 4.32. The van der Waals surface area contributed by atoms with Crippen LogP contribution in [0.5, 0.6) is 0 Å². The number of carbonyl (C=O) groups is 3. The zero-order valence-electron chi connectivity index (χ0n) is 17.5. The first kappa shape index (κ1) is 32.3. The fraction of sp³-hybridized carbons (Fsp3) is 0.438. The number of carbonyl (C=O) groups excluding carboxylic acids is 3. The average molecular weight is 871 g/mol. The molecule has 0 aromatic heterocycles. The van der Waals surface area contributed by atoms with Crippen molar-refractivity contribution in [2.24, 2.45) is 0 Å². The molecule has 0 bridgehead atoms. The topological polar surface area (TPSA) is 133 Å². The van der Waals surface area contributed by atoms with Crippen molar-refractivity contribution < 1.29 is 53.7 Å². The van der Waals surface area contributed by atoms with E-state index < -0.39 is 57.0 Å². The minimum atomic E-state index is -6.42. The van der Waals surface area contributed by atoms with Crippen LogP contribution in [-0.2, 0) is 19.7 Å². The molecule has 0 aliphatic heterocycles. The SMILES string of the molecule is CC(=O)Nc1c(I)c(C(=O)NC(CS(=O)(=O)O)(C(F)(F)F)C(F)(F)F)c(I)c(N(C)C(C)=O)c1I. The maximum atomic E-state index is 13.7. The van der Waals surface area contributed by atoms with Gasteiger partial charge in [0.15, 0.2) is 0 Å². The van der Waals surface area contributed by atoms with Gasteiger partial charge < -0.3 is 15.5 Å². The third-order valence-corrected chi connectivity index (χ3v) is 8.30. The molecular weight excluding hydrogens is 857 g/mol. The van der Waals surface area contributed by atoms with Crippen molar-refractivity contribution in [1.82, 2.24) is 5.32 Å². The third kappa shape index (κ3) is 7.00. The lowest BCUT2D eigenvalue weighted by atomic mass is 9.99. The van der Waals surface area contributed by atoms with E-state index in [1.807, 2.05) is 0 Å². The highest BCUT2D eigenvalue weighted by Crippen LogP contribution is 2.45. The minimum Gasteiger partial charge on any atom is -0.329 e. The molecule has 0 aliphatic carbocycles. The molecule has 3 N–H and O–H groups in total. The molecule has 0 fully saturated rings. The van der Waals surface area contributed by atoms with Crippen molar-refractivity contribution in [2.75, 3.05) is 23.0 Å². The lowest BCUT2D eigenvalue weighted by Gasteiger charge is -2.37. The molecular formula is C16H14F6I3N3O6S. The highest BCUT2D eigenvalue weighted by atomic mass is 127. The van der Waals surface area contributed by atoms with Gasteiger partial charge in [-0.2, -0.15) is 34.8 Å². The van der Waals surface area contributed by atoms with Gasteiger partial charge in [-0.15, -0.1) is 0 Å². The summed E-state index contributed by atoms with van der Waals surface area (Å²) in [5.74, 6) is -6.32. The molecule has 9 nitrogen and oxygen atoms in total. The van der Waals surface area contributed by atoms with Crippen LogP contribution < -0.4 is 15.5 Å². The fourth-order valence-electron chi connectivity index (χ4n) is 2.62. The number of nitrogens with zero attached hydrogens (tertiary/aromatic N) is 1. The standard InChI is InChI=1S/C16H14F6I3N3O6S/c1-5(29)26-11-8(23)7(9(24)12(10(11)25)28(3)6(2)30)13(31)27-14(15(17,18)19,16(20,21)22)4-35(32,33)34/h4H2,1-3H3,(H,26,29)(H,27,31)(H,32,33,34). The van der Waals surface area contributed by atoms with Crippen LogP contribution in [0.4, 0.5) is 37.7 Å². The van der Waals surface area contributed by atoms with Crippen LogP contribution in [0, 0.1) is 10.7 Å². The first-order valence-electron chi connectivity index (χ1n) is 8.62. The van der Waals surface area contributed by atoms with E-state index in [0.717, 1.165) is 18.7 Å². The molecule has 0 saturated carbocycles. The molecule has 1 aromatic carbocycles. The zero-order valence-corrected chi connectivity index (χ0v) is 24.7. The highest BCUT2D eigenvalue weighted by Gasteiger charge is 2.73. The van der Waals surface area contributed by atoms with E-state index in [1.165, 1.54) is 52.2 Å². The molecule has 1 aromatic rings. The largest absolute Gasteiger partial charge is 0.421 e. The van der Waals surface area contributed by atoms with Crippen LogP contribution in [0.3, 0.4) is 0 Å². The Balaban J connectivity index is 4.03. The summed E-state index contributed by atoms with van der Waals surface area (Å²) in [7, 11) is -4.72. The summed E-state index contributed by atoms with van der Waals surface area (Å²) >= 11 is 4.49. The Labute approximate surface area is 235 Å². The van der Waals surface area contributed by atoms with E-state index in [1.54, 1.807) is 22.6 Å². The van der Waals surface area contributed by atoms with Gasteiger partial charge in [0.2, 0.25) is 17.4 Å². The Morgan fingerprint density at radius 2 is 1.40 bits per heavy atom. The predicted octanol–water partition coefficient (Wildman–Crippen LogP) is 3.92. The van der Waals surface area contributed by atoms with Crippen LogP contribution >= 0.6 is 67.8 Å². The van der Waals surface area contributed by atoms with Crippen LogP contribution in [0.1, 0.15) is 24.2 Å². The van der Waals surface area contributed by atoms with Crippen LogP contribution in [-0.4, -0.2) is 61.4 Å². The molecule has 0 atom stereocenters. The quantitative estimate of drug-likeness (QED) is 0.226. The Hall–Kier alpha value is -0.690. The second-order valence-corrected chi connectivity index (χ2v) is 11.6. The van der Waals surface area contributed by atoms with Gasteiger partial charge in [-0.1, -0.05) is 0 Å². The van der Waals surface area contributed by atoms with Crippen molar-refractivity contribution >= 4 is 107 Å². The summed E-state index contributed by atoms with van der Waals surface area (Å²) in [6.45, 7) is 2.13. The number of benzene rings is 1. The van der Waals surface area contributed by atoms with Crippen molar-refractivity contribution in [3.8, 4) is 0 Å². The maximum Gasteiger partial charge on any atom is 0.421 e. The van der Waals surface area contributed by atoms with E-state index >= 15 is 0 Å². The first-order valence-corrected chi connectivity index (χ1v) is 13.5. The van der Waals surface area contributed by atoms with Gasteiger partial charge >= 0.3 is 12.4 Å². The van der Waals surface area contributed by atoms with Crippen molar-refractivity contribution in [3.63, 3.8) is 0 Å². The zero-order chi connectivity index (χ0) is 27.9. The average Bonchev–Trinajstić information content (AvgIpc) is 2.61. The summed E-state index contributed by atoms with van der Waals surface area (Å²) in [5, 5.41) is 3.01. The Kier molecular flexibility index (Phi) is 10.1. The number of alkyl halides is 6. The number of anilines is 2. The van der Waals surface area contributed by atoms with Gasteiger partial charge in [0.25, 0.3) is 16.0 Å². The van der Waals surface area contributed by atoms with Gasteiger partial charge in [-0.25, -0.2) is 0 Å². The van der Waals surface area contributed by atoms with Crippen LogP contribution in [0.25, 0.3) is 0 Å². The highest BCUT2D eigenvalue weighted by molar-refractivity contribution is 14.1. The molecule has 35 heavy (non-hydrogen) atoms. The number of hydrogen-bond acceptors (Lipinski definition) is 5. The Bertz CT molecular complexity index is 1160. The molecule has 0 aliphatic rings. The number of amides is 3. The molecule has 1 rings (SSSR count). The maximum absolute atomic E-state index is 13.7. The summed E-state index contributed by atoms with van der Waals surface area (Å²) in [6, 6.07) is 0. The van der Waals surface area contributed by atoms with Crippen molar-refractivity contribution in [2.45, 2.75) is 31.7 Å². The smallest absolute Gasteiger partial charge is 0.329 e. The van der Waals surface area contributed by atoms with Gasteiger partial charge in [0, 0.05) is 20.9 Å². The lowest BCUT2D eigenvalue weighted by Crippen LogP contribution is -2.70. The minimum absolute atomic E-state index is 0.118. The van der Waals surface area contributed by atoms with Crippen molar-refractivity contribution in [3.05, 3.63) is 16.3 Å². The van der Waals surface area contributed by atoms with Crippen molar-refractivity contribution in [1.29, 1.82) is 0 Å². The fourth-order valence-corrected chi connectivity index (χ4v) is 8.22. The van der Waals surface area contributed by atoms with E-state index in [4.69, 9.17) is 4.55 Å². The van der Waals surface area contributed by atoms with E-state index in [0.29, 0.717) is 5.32 Å². The van der Waals surface area contributed by atoms with E-state index in [-0.39, 0.29) is 22.1 Å². The van der Waals surface area contributed by atoms with E-state index in [9.17, 15) is 49.1 Å². The normalized spacial score (nSPS) is 12.8. The molecule has 0 heterocycles. The molecule has 3 amide bonds. The van der Waals surface area contributed by atoms with Gasteiger partial charge in [-0.05, 0) is 67.8 Å². The van der Waals surface area contributed by atoms with Gasteiger partial charge in [-0.3, -0.25) is 18.9 Å². The Morgan fingerprint density at radius 3 is 1.74 bits per heavy atom. The Morgan fingerprint density at radius 1 is 0.943 bits per heavy atom. The number of rotatable bonds is 6. The second-order valence-electron chi connectivity index (χ2n) is 6.88. The number of nitrogens with one attached hydrogen (secondary N) is 2. The molecule has 0 radical (unpaired) electrons. The van der Waals surface area contributed by atoms with Gasteiger partial charge in [0.1, 0.15) is 5.75 Å². The molecule has 198 valence electrons. The summed E-state index contributed by atoms with van der Waals surface area (Å²) < 4.78 is 113. The number of halogens is 9. The predicted molar refractivity (Wildman–Crippen MR) is 137 cm³/mol. The van der Waals surface area contributed by atoms with Crippen LogP contribution in [0.15, 0.2) is 0 Å². The summed E-state index contributed by atoms with van der Waals surface area (Å²) in [5.41, 5.74) is -6.51. The molecule has 0 spiro atoms. The van der Waals surface area contributed by atoms with Crippen LogP contribution in [0.2, 0.25) is 0 Å². The molecule has 19 heteroatoms. The summed E-state index contributed by atoms with van der Waals surface area (Å²) in [6.07, 6.45) is -12.8. The first-order chi connectivity index (χ1) is 15.5. The number of hydrogen-bond donors (Lipinski definition) is 3. The molecule has 0 saturated heterocycles.